The molecule has 1 aromatic carbocycles. The first-order valence-corrected chi connectivity index (χ1v) is 11.0. The number of aliphatic hydroxyl groups excluding tert-OH is 1. The Kier molecular flexibility index (Phi) is 3.79. The summed E-state index contributed by atoms with van der Waals surface area (Å²) in [6, 6.07) is 4.02. The quantitative estimate of drug-likeness (QED) is 0.642. The molecule has 2 aliphatic carbocycles. The summed E-state index contributed by atoms with van der Waals surface area (Å²) in [5, 5.41) is 13.6. The molecule has 0 aromatic heterocycles. The van der Waals surface area contributed by atoms with Crippen LogP contribution in [0.3, 0.4) is 0 Å². The van der Waals surface area contributed by atoms with Gasteiger partial charge in [-0.2, -0.15) is 0 Å². The molecule has 4 aliphatic rings. The second-order valence-electron chi connectivity index (χ2n) is 10.4. The lowest BCUT2D eigenvalue weighted by molar-refractivity contribution is -0.228. The molecular weight excluding hydrogens is 374 g/mol. The Labute approximate surface area is 172 Å². The van der Waals surface area contributed by atoms with Crippen molar-refractivity contribution in [2.45, 2.75) is 77.0 Å². The van der Waals surface area contributed by atoms with Gasteiger partial charge in [-0.15, -0.1) is 11.6 Å². The standard InChI is InChI=1S/C23H30ClNO3/c1-12-5-8-17-21(2,3)19(24)16(26)10-23(17)22(12,4)9-13-6-7-14-15(18(13)28-23)11-25-20(14)27/h6-7,12,16-17,19,26H,5,8-11H2,1-4H3,(H,25,27)/t12-,16?,17-,19?,22+,23-/m0/s1. The predicted molar refractivity (Wildman–Crippen MR) is 109 cm³/mol. The highest BCUT2D eigenvalue weighted by Gasteiger charge is 2.69. The Morgan fingerprint density at radius 3 is 2.75 bits per heavy atom. The minimum Gasteiger partial charge on any atom is -0.486 e. The fraction of sp³-hybridized carbons (Fsp3) is 0.696. The van der Waals surface area contributed by atoms with E-state index in [4.69, 9.17) is 16.3 Å². The van der Waals surface area contributed by atoms with Crippen molar-refractivity contribution in [2.24, 2.45) is 22.7 Å². The van der Waals surface area contributed by atoms with E-state index in [9.17, 15) is 9.90 Å². The van der Waals surface area contributed by atoms with Gasteiger partial charge in [0, 0.05) is 35.4 Å². The SMILES string of the molecule is C[C@H]1CC[C@H]2C(C)(C)C(Cl)C(O)C[C@]23Oc2c(ccc4c2CNC4=O)C[C@]13C. The average Bonchev–Trinajstić information content (AvgIpc) is 3.01. The molecule has 2 saturated carbocycles. The van der Waals surface area contributed by atoms with Crippen molar-refractivity contribution in [3.05, 3.63) is 28.8 Å². The zero-order valence-corrected chi connectivity index (χ0v) is 17.9. The zero-order chi connectivity index (χ0) is 20.1. The number of nitrogens with one attached hydrogen (secondary N) is 1. The van der Waals surface area contributed by atoms with Crippen LogP contribution in [0.1, 0.15) is 68.4 Å². The maximum absolute atomic E-state index is 12.2. The first kappa shape index (κ1) is 18.7. The first-order chi connectivity index (χ1) is 13.1. The number of aliphatic hydroxyl groups is 1. The molecule has 2 unspecified atom stereocenters. The number of hydrogen-bond donors (Lipinski definition) is 2. The molecule has 1 amide bonds. The molecule has 2 N–H and O–H groups in total. The molecule has 28 heavy (non-hydrogen) atoms. The van der Waals surface area contributed by atoms with Crippen LogP contribution in [0.15, 0.2) is 12.1 Å². The Bertz CT molecular complexity index is 868. The van der Waals surface area contributed by atoms with E-state index in [1.165, 1.54) is 5.56 Å². The van der Waals surface area contributed by atoms with Crippen molar-refractivity contribution in [1.82, 2.24) is 5.32 Å². The van der Waals surface area contributed by atoms with Crippen LogP contribution in [0.4, 0.5) is 0 Å². The largest absolute Gasteiger partial charge is 0.486 e. The molecule has 4 nitrogen and oxygen atoms in total. The smallest absolute Gasteiger partial charge is 0.252 e. The number of hydrogen-bond acceptors (Lipinski definition) is 3. The summed E-state index contributed by atoms with van der Waals surface area (Å²) in [6.07, 6.45) is 3.07. The normalized spacial score (nSPS) is 43.1. The van der Waals surface area contributed by atoms with Crippen LogP contribution in [0.25, 0.3) is 0 Å². The van der Waals surface area contributed by atoms with Gasteiger partial charge in [0.1, 0.15) is 11.4 Å². The lowest BCUT2D eigenvalue weighted by Crippen LogP contribution is -2.72. The maximum Gasteiger partial charge on any atom is 0.252 e. The summed E-state index contributed by atoms with van der Waals surface area (Å²) in [4.78, 5) is 12.2. The van der Waals surface area contributed by atoms with E-state index in [0.29, 0.717) is 18.9 Å². The summed E-state index contributed by atoms with van der Waals surface area (Å²) in [7, 11) is 0. The van der Waals surface area contributed by atoms with Gasteiger partial charge in [-0.3, -0.25) is 4.79 Å². The average molecular weight is 404 g/mol. The predicted octanol–water partition coefficient (Wildman–Crippen LogP) is 4.05. The van der Waals surface area contributed by atoms with Gasteiger partial charge in [-0.1, -0.05) is 33.8 Å². The fourth-order valence-electron chi connectivity index (χ4n) is 6.96. The highest BCUT2D eigenvalue weighted by molar-refractivity contribution is 6.21. The third-order valence-corrected chi connectivity index (χ3v) is 9.67. The Balaban J connectivity index is 1.72. The second kappa shape index (κ2) is 5.66. The molecule has 0 saturated heterocycles. The lowest BCUT2D eigenvalue weighted by atomic mass is 9.43. The third kappa shape index (κ3) is 2.09. The molecule has 0 radical (unpaired) electrons. The highest BCUT2D eigenvalue weighted by Crippen LogP contribution is 2.66. The molecule has 6 atom stereocenters. The van der Waals surface area contributed by atoms with Crippen molar-refractivity contribution in [2.75, 3.05) is 0 Å². The number of rotatable bonds is 0. The molecule has 5 heteroatoms. The van der Waals surface area contributed by atoms with E-state index in [2.05, 4.69) is 39.1 Å². The first-order valence-electron chi connectivity index (χ1n) is 10.6. The number of carbonyl (C=O) groups excluding carboxylic acids is 1. The number of benzene rings is 1. The van der Waals surface area contributed by atoms with E-state index in [0.717, 1.165) is 36.1 Å². The summed E-state index contributed by atoms with van der Waals surface area (Å²) < 4.78 is 7.04. The Hall–Kier alpha value is -1.26. The third-order valence-electron chi connectivity index (χ3n) is 8.82. The summed E-state index contributed by atoms with van der Waals surface area (Å²) >= 11 is 6.74. The van der Waals surface area contributed by atoms with Crippen LogP contribution >= 0.6 is 11.6 Å². The van der Waals surface area contributed by atoms with Gasteiger partial charge >= 0.3 is 0 Å². The molecule has 2 aliphatic heterocycles. The van der Waals surface area contributed by atoms with Crippen LogP contribution in [-0.2, 0) is 13.0 Å². The van der Waals surface area contributed by atoms with Crippen LogP contribution in [0.5, 0.6) is 5.75 Å². The monoisotopic (exact) mass is 403 g/mol. The van der Waals surface area contributed by atoms with Gasteiger partial charge in [0.05, 0.1) is 11.5 Å². The van der Waals surface area contributed by atoms with Crippen molar-refractivity contribution in [1.29, 1.82) is 0 Å². The van der Waals surface area contributed by atoms with Crippen LogP contribution in [-0.4, -0.2) is 28.1 Å². The molecular formula is C23H30ClNO3. The zero-order valence-electron chi connectivity index (χ0n) is 17.1. The van der Waals surface area contributed by atoms with E-state index in [1.807, 2.05) is 6.07 Å². The molecule has 1 aromatic rings. The van der Waals surface area contributed by atoms with Crippen molar-refractivity contribution in [3.8, 4) is 5.75 Å². The van der Waals surface area contributed by atoms with Crippen LogP contribution < -0.4 is 10.1 Å². The number of alkyl halides is 1. The maximum atomic E-state index is 12.2. The van der Waals surface area contributed by atoms with Gasteiger partial charge in [-0.05, 0) is 42.2 Å². The van der Waals surface area contributed by atoms with Crippen LogP contribution in [0.2, 0.25) is 0 Å². The van der Waals surface area contributed by atoms with E-state index < -0.39 is 11.7 Å². The molecule has 2 fully saturated rings. The summed E-state index contributed by atoms with van der Waals surface area (Å²) in [5.41, 5.74) is 2.12. The van der Waals surface area contributed by atoms with Gasteiger partial charge in [0.25, 0.3) is 5.91 Å². The van der Waals surface area contributed by atoms with E-state index >= 15 is 0 Å². The lowest BCUT2D eigenvalue weighted by Gasteiger charge is -2.67. The van der Waals surface area contributed by atoms with Gasteiger partial charge in [0.15, 0.2) is 0 Å². The van der Waals surface area contributed by atoms with Gasteiger partial charge in [0.2, 0.25) is 0 Å². The molecule has 5 rings (SSSR count). The minimum atomic E-state index is -0.601. The summed E-state index contributed by atoms with van der Waals surface area (Å²) in [5.74, 6) is 1.61. The number of fused-ring (bicyclic) bond motifs is 3. The van der Waals surface area contributed by atoms with Crippen molar-refractivity contribution < 1.29 is 14.6 Å². The molecule has 2 heterocycles. The number of halogens is 1. The van der Waals surface area contributed by atoms with Crippen LogP contribution in [0, 0.1) is 22.7 Å². The van der Waals surface area contributed by atoms with E-state index in [-0.39, 0.29) is 28.0 Å². The highest BCUT2D eigenvalue weighted by atomic mass is 35.5. The Morgan fingerprint density at radius 1 is 1.25 bits per heavy atom. The van der Waals surface area contributed by atoms with Gasteiger partial charge < -0.3 is 15.2 Å². The topological polar surface area (TPSA) is 58.6 Å². The number of ether oxygens (including phenoxy) is 1. The number of carbonyl (C=O) groups is 1. The molecule has 152 valence electrons. The molecule has 1 spiro atoms. The van der Waals surface area contributed by atoms with Gasteiger partial charge in [-0.25, -0.2) is 0 Å². The van der Waals surface area contributed by atoms with Crippen molar-refractivity contribution in [3.63, 3.8) is 0 Å². The molecule has 0 bridgehead atoms. The summed E-state index contributed by atoms with van der Waals surface area (Å²) in [6.45, 7) is 9.58. The minimum absolute atomic E-state index is 0.0226. The number of amides is 1. The second-order valence-corrected chi connectivity index (χ2v) is 10.8. The van der Waals surface area contributed by atoms with Crippen molar-refractivity contribution >= 4 is 17.5 Å². The Morgan fingerprint density at radius 2 is 2.00 bits per heavy atom. The fourth-order valence-corrected chi connectivity index (χ4v) is 7.20. The van der Waals surface area contributed by atoms with E-state index in [1.54, 1.807) is 0 Å².